The lowest BCUT2D eigenvalue weighted by Gasteiger charge is -2.20. The third-order valence-corrected chi connectivity index (χ3v) is 8.51. The molecule has 0 unspecified atom stereocenters. The molecule has 4 heterocycles. The van der Waals surface area contributed by atoms with Gasteiger partial charge in [-0.3, -0.25) is 19.4 Å². The largest absolute Gasteiger partial charge is 0.481 e. The second-order valence-corrected chi connectivity index (χ2v) is 12.4. The number of fused-ring (bicyclic) bond motifs is 2. The number of benzene rings is 2. The maximum absolute atomic E-state index is 12.6. The van der Waals surface area contributed by atoms with Crippen LogP contribution in [0.3, 0.4) is 0 Å². The van der Waals surface area contributed by atoms with Gasteiger partial charge in [0.2, 0.25) is 23.6 Å². The zero-order valence-corrected chi connectivity index (χ0v) is 28.3. The van der Waals surface area contributed by atoms with E-state index in [-0.39, 0.29) is 23.7 Å². The number of hydrogen-bond donors (Lipinski definition) is 2. The third kappa shape index (κ3) is 9.02. The van der Waals surface area contributed by atoms with Gasteiger partial charge in [-0.25, -0.2) is 0 Å². The molecule has 2 N–H and O–H groups in total. The highest BCUT2D eigenvalue weighted by Crippen LogP contribution is 2.30. The van der Waals surface area contributed by atoms with E-state index in [0.717, 1.165) is 60.1 Å². The first-order chi connectivity index (χ1) is 23.3. The van der Waals surface area contributed by atoms with E-state index in [9.17, 15) is 9.59 Å². The van der Waals surface area contributed by atoms with Crippen molar-refractivity contribution in [2.24, 2.45) is 11.8 Å². The Labute approximate surface area is 283 Å². The van der Waals surface area contributed by atoms with Gasteiger partial charge in [-0.15, -0.1) is 0 Å². The minimum atomic E-state index is 0.122. The van der Waals surface area contributed by atoms with Gasteiger partial charge in [0.15, 0.2) is 0 Å². The van der Waals surface area contributed by atoms with E-state index >= 15 is 0 Å². The minimum absolute atomic E-state index is 0.122. The van der Waals surface area contributed by atoms with E-state index in [1.165, 1.54) is 0 Å². The van der Waals surface area contributed by atoms with Gasteiger partial charge >= 0.3 is 0 Å². The fourth-order valence-electron chi connectivity index (χ4n) is 5.82. The number of methoxy groups -OCH3 is 2. The second-order valence-electron chi connectivity index (χ2n) is 12.4. The summed E-state index contributed by atoms with van der Waals surface area (Å²) >= 11 is 0. The van der Waals surface area contributed by atoms with Gasteiger partial charge in [0.05, 0.1) is 14.2 Å². The van der Waals surface area contributed by atoms with Crippen molar-refractivity contribution in [1.29, 1.82) is 0 Å². The molecule has 0 bridgehead atoms. The molecule has 0 saturated heterocycles. The van der Waals surface area contributed by atoms with Gasteiger partial charge < -0.3 is 20.1 Å². The molecule has 4 aromatic rings. The lowest BCUT2D eigenvalue weighted by atomic mass is 10.1. The van der Waals surface area contributed by atoms with Crippen molar-refractivity contribution in [3.8, 4) is 11.8 Å². The maximum atomic E-state index is 12.6. The lowest BCUT2D eigenvalue weighted by molar-refractivity contribution is -0.120. The molecule has 2 amide bonds. The van der Waals surface area contributed by atoms with Crippen LogP contribution in [0.1, 0.15) is 37.8 Å². The topological polar surface area (TPSA) is 109 Å². The fraction of sp³-hybridized carbons (Fsp3) is 0.368. The number of carbonyl (C=O) groups excluding carboxylic acids is 2. The standard InChI is InChI=1S/2C19H23N3O2/c2*1-14(13-20-16-6-4-3-5-7-16)12-18(23)22-11-10-15-8-9-17(24-2)21-19(15)22/h2*3-9,14,20H,10-13H2,1-2H3/t2*14-/m11/s1. The lowest BCUT2D eigenvalue weighted by Crippen LogP contribution is -2.31. The van der Waals surface area contributed by atoms with Gasteiger partial charge in [-0.05, 0) is 72.2 Å². The average Bonchev–Trinajstić information content (AvgIpc) is 3.75. The molecule has 0 spiro atoms. The number of pyridine rings is 2. The van der Waals surface area contributed by atoms with E-state index in [1.54, 1.807) is 24.0 Å². The van der Waals surface area contributed by atoms with Crippen molar-refractivity contribution in [2.45, 2.75) is 39.5 Å². The number of ether oxygens (including phenoxy) is 2. The highest BCUT2D eigenvalue weighted by Gasteiger charge is 2.28. The molecular formula is C38H46N6O4. The van der Waals surface area contributed by atoms with Crippen LogP contribution in [0, 0.1) is 11.8 Å². The Kier molecular flexibility index (Phi) is 11.9. The summed E-state index contributed by atoms with van der Waals surface area (Å²) in [5.41, 5.74) is 4.38. The Balaban J connectivity index is 0.000000188. The minimum Gasteiger partial charge on any atom is -0.481 e. The first-order valence-corrected chi connectivity index (χ1v) is 16.6. The molecule has 10 heteroatoms. The van der Waals surface area contributed by atoms with Gasteiger partial charge in [0.1, 0.15) is 11.6 Å². The molecule has 2 aromatic heterocycles. The van der Waals surface area contributed by atoms with Crippen LogP contribution in [0.2, 0.25) is 0 Å². The number of hydrogen-bond acceptors (Lipinski definition) is 8. The van der Waals surface area contributed by atoms with Gasteiger partial charge in [-0.1, -0.05) is 50.2 Å². The van der Waals surface area contributed by atoms with Crippen molar-refractivity contribution >= 4 is 34.8 Å². The number of nitrogens with one attached hydrogen (secondary N) is 2. The molecular weight excluding hydrogens is 604 g/mol. The number of carbonyl (C=O) groups is 2. The number of nitrogens with zero attached hydrogens (tertiary/aromatic N) is 4. The van der Waals surface area contributed by atoms with Crippen molar-refractivity contribution in [1.82, 2.24) is 9.97 Å². The SMILES string of the molecule is COc1ccc2c(n1)N(C(=O)C[C@@H](C)CNc1ccccc1)CC2.COc1ccc2c(n1)N(C(=O)C[C@@H](C)CNc1ccccc1)CC2. The molecule has 6 rings (SSSR count). The van der Waals surface area contributed by atoms with Crippen LogP contribution >= 0.6 is 0 Å². The Morgan fingerprint density at radius 2 is 1.04 bits per heavy atom. The number of aromatic nitrogens is 2. The summed E-state index contributed by atoms with van der Waals surface area (Å²) in [6.07, 6.45) is 2.71. The molecule has 2 atom stereocenters. The molecule has 48 heavy (non-hydrogen) atoms. The number of rotatable bonds is 12. The first kappa shape index (κ1) is 34.2. The summed E-state index contributed by atoms with van der Waals surface area (Å²) in [6.45, 7) is 7.11. The predicted octanol–water partition coefficient (Wildman–Crippen LogP) is 6.24. The molecule has 2 aliphatic heterocycles. The van der Waals surface area contributed by atoms with E-state index in [1.807, 2.05) is 84.9 Å². The van der Waals surface area contributed by atoms with Gasteiger partial charge in [0.25, 0.3) is 0 Å². The highest BCUT2D eigenvalue weighted by molar-refractivity contribution is 5.95. The Bertz CT molecular complexity index is 1530. The van der Waals surface area contributed by atoms with E-state index < -0.39 is 0 Å². The zero-order chi connectivity index (χ0) is 33.9. The van der Waals surface area contributed by atoms with Crippen LogP contribution in [0.5, 0.6) is 11.8 Å². The monoisotopic (exact) mass is 650 g/mol. The summed E-state index contributed by atoms with van der Waals surface area (Å²) in [5.74, 6) is 3.33. The first-order valence-electron chi connectivity index (χ1n) is 16.6. The van der Waals surface area contributed by atoms with Crippen molar-refractivity contribution in [3.05, 3.63) is 96.1 Å². The maximum Gasteiger partial charge on any atom is 0.228 e. The normalized spacial score (nSPS) is 14.2. The Morgan fingerprint density at radius 1 is 0.646 bits per heavy atom. The van der Waals surface area contributed by atoms with Crippen LogP contribution in [-0.4, -0.2) is 62.2 Å². The number of anilines is 4. The Hall–Kier alpha value is -5.12. The molecule has 0 saturated carbocycles. The fourth-order valence-corrected chi connectivity index (χ4v) is 5.82. The predicted molar refractivity (Wildman–Crippen MR) is 191 cm³/mol. The number of amides is 2. The second kappa shape index (κ2) is 16.6. The summed E-state index contributed by atoms with van der Waals surface area (Å²) in [4.78, 5) is 37.8. The van der Waals surface area contributed by atoms with E-state index in [0.29, 0.717) is 37.7 Å². The summed E-state index contributed by atoms with van der Waals surface area (Å²) in [5, 5.41) is 6.74. The molecule has 0 radical (unpaired) electrons. The van der Waals surface area contributed by atoms with Crippen molar-refractivity contribution < 1.29 is 19.1 Å². The van der Waals surface area contributed by atoms with E-state index in [4.69, 9.17) is 9.47 Å². The van der Waals surface area contributed by atoms with Crippen LogP contribution in [0.4, 0.5) is 23.0 Å². The zero-order valence-electron chi connectivity index (χ0n) is 28.3. The van der Waals surface area contributed by atoms with Crippen molar-refractivity contribution in [3.63, 3.8) is 0 Å². The van der Waals surface area contributed by atoms with E-state index in [2.05, 4.69) is 34.4 Å². The molecule has 2 aromatic carbocycles. The molecule has 10 nitrogen and oxygen atoms in total. The van der Waals surface area contributed by atoms with Crippen LogP contribution in [-0.2, 0) is 22.4 Å². The third-order valence-electron chi connectivity index (χ3n) is 8.51. The van der Waals surface area contributed by atoms with Crippen molar-refractivity contribution in [2.75, 3.05) is 60.8 Å². The molecule has 0 fully saturated rings. The van der Waals surface area contributed by atoms with Gasteiger partial charge in [-0.2, -0.15) is 9.97 Å². The highest BCUT2D eigenvalue weighted by atomic mass is 16.5. The average molecular weight is 651 g/mol. The molecule has 252 valence electrons. The molecule has 0 aliphatic carbocycles. The van der Waals surface area contributed by atoms with Crippen LogP contribution in [0.15, 0.2) is 84.9 Å². The smallest absolute Gasteiger partial charge is 0.228 e. The van der Waals surface area contributed by atoms with Gasteiger partial charge in [0, 0.05) is 62.5 Å². The summed E-state index contributed by atoms with van der Waals surface area (Å²) < 4.78 is 10.4. The number of para-hydroxylation sites is 2. The summed E-state index contributed by atoms with van der Waals surface area (Å²) in [6, 6.07) is 27.8. The summed E-state index contributed by atoms with van der Waals surface area (Å²) in [7, 11) is 3.18. The van der Waals surface area contributed by atoms with Crippen LogP contribution < -0.4 is 29.9 Å². The molecule has 2 aliphatic rings. The quantitative estimate of drug-likeness (QED) is 0.186. The Morgan fingerprint density at radius 3 is 1.42 bits per heavy atom. The van der Waals surface area contributed by atoms with Crippen LogP contribution in [0.25, 0.3) is 0 Å².